The van der Waals surface area contributed by atoms with Crippen molar-refractivity contribution < 1.29 is 0 Å². The molecule has 0 aromatic heterocycles. The van der Waals surface area contributed by atoms with E-state index >= 15 is 0 Å². The van der Waals surface area contributed by atoms with E-state index in [1.165, 1.54) is 25.7 Å². The Morgan fingerprint density at radius 1 is 1.00 bits per heavy atom. The summed E-state index contributed by atoms with van der Waals surface area (Å²) in [7, 11) is 0. The van der Waals surface area contributed by atoms with E-state index < -0.39 is 0 Å². The lowest BCUT2D eigenvalue weighted by atomic mass is 9.76. The van der Waals surface area contributed by atoms with Gasteiger partial charge in [0.05, 0.1) is 0 Å². The topological polar surface area (TPSA) is 0 Å². The van der Waals surface area contributed by atoms with Crippen LogP contribution in [0.1, 0.15) is 44.1 Å². The number of terminal acetylenes is 1. The van der Waals surface area contributed by atoms with Crippen molar-refractivity contribution in [3.8, 4) is 12.8 Å². The highest BCUT2D eigenvalue weighted by atomic mass is 14.3. The molecule has 1 aliphatic rings. The Hall–Kier alpha value is -1.22. The number of benzene rings is 1. The fourth-order valence-electron chi connectivity index (χ4n) is 2.51. The molecular weight excluding hydrogens is 180 g/mol. The fourth-order valence-corrected chi connectivity index (χ4v) is 2.51. The van der Waals surface area contributed by atoms with Gasteiger partial charge >= 0.3 is 0 Å². The molecule has 0 aliphatic heterocycles. The largest absolute Gasteiger partial charge is 0.124 e. The monoisotopic (exact) mass is 200 g/mol. The van der Waals surface area contributed by atoms with Crippen LogP contribution in [0.15, 0.2) is 30.3 Å². The molecule has 1 fully saturated rings. The van der Waals surface area contributed by atoms with Gasteiger partial charge in [0.25, 0.3) is 0 Å². The van der Waals surface area contributed by atoms with Crippen molar-refractivity contribution in [2.45, 2.75) is 38.5 Å². The first kappa shape index (κ1) is 11.9. The summed E-state index contributed by atoms with van der Waals surface area (Å²) in [5, 5.41) is 0. The van der Waals surface area contributed by atoms with Crippen molar-refractivity contribution >= 4 is 0 Å². The predicted octanol–water partition coefficient (Wildman–Crippen LogP) is 4.23. The van der Waals surface area contributed by atoms with Crippen LogP contribution in [0, 0.1) is 18.8 Å². The van der Waals surface area contributed by atoms with Gasteiger partial charge in [0.2, 0.25) is 0 Å². The second-order valence-electron chi connectivity index (χ2n) is 4.28. The third-order valence-electron chi connectivity index (χ3n) is 3.34. The Bertz CT molecular complexity index is 283. The molecule has 0 spiro atoms. The van der Waals surface area contributed by atoms with Crippen molar-refractivity contribution in [1.82, 2.24) is 0 Å². The normalized spacial score (nSPS) is 25.0. The van der Waals surface area contributed by atoms with E-state index in [9.17, 15) is 0 Å². The number of hydrogen-bond donors (Lipinski definition) is 0. The molecular formula is C15H20. The van der Waals surface area contributed by atoms with Gasteiger partial charge in [-0.3, -0.25) is 0 Å². The van der Waals surface area contributed by atoms with Crippen LogP contribution >= 0.6 is 0 Å². The lowest BCUT2D eigenvalue weighted by Gasteiger charge is -2.29. The molecule has 1 aromatic rings. The number of hydrogen-bond acceptors (Lipinski definition) is 0. The summed E-state index contributed by atoms with van der Waals surface area (Å²) in [6, 6.07) is 11.0. The first-order valence-electron chi connectivity index (χ1n) is 5.76. The molecule has 1 aromatic carbocycles. The van der Waals surface area contributed by atoms with E-state index in [1.54, 1.807) is 5.56 Å². The van der Waals surface area contributed by atoms with Gasteiger partial charge in [-0.1, -0.05) is 56.5 Å². The maximum absolute atomic E-state index is 4.00. The Morgan fingerprint density at radius 2 is 1.60 bits per heavy atom. The van der Waals surface area contributed by atoms with Gasteiger partial charge in [-0.25, -0.2) is 0 Å². The van der Waals surface area contributed by atoms with Crippen LogP contribution in [-0.2, 0) is 0 Å². The predicted molar refractivity (Wildman–Crippen MR) is 66.7 cm³/mol. The highest BCUT2D eigenvalue weighted by Crippen LogP contribution is 2.36. The van der Waals surface area contributed by atoms with Crippen LogP contribution in [0.4, 0.5) is 0 Å². The van der Waals surface area contributed by atoms with Crippen LogP contribution in [0.2, 0.25) is 0 Å². The van der Waals surface area contributed by atoms with Crippen molar-refractivity contribution in [1.29, 1.82) is 0 Å². The van der Waals surface area contributed by atoms with Crippen LogP contribution in [0.5, 0.6) is 0 Å². The first-order valence-corrected chi connectivity index (χ1v) is 5.76. The molecule has 1 saturated carbocycles. The maximum atomic E-state index is 4.00. The highest BCUT2D eigenvalue weighted by molar-refractivity contribution is 5.20. The van der Waals surface area contributed by atoms with Gasteiger partial charge in [-0.2, -0.15) is 0 Å². The van der Waals surface area contributed by atoms with E-state index in [4.69, 9.17) is 0 Å². The SMILES string of the molecule is C#C.CC1CCCC[C@H]1c1ccccc1. The molecule has 0 heterocycles. The summed E-state index contributed by atoms with van der Waals surface area (Å²) in [6.45, 7) is 2.40. The molecule has 15 heavy (non-hydrogen) atoms. The van der Waals surface area contributed by atoms with E-state index in [2.05, 4.69) is 50.1 Å². The Morgan fingerprint density at radius 3 is 2.20 bits per heavy atom. The van der Waals surface area contributed by atoms with E-state index in [1.807, 2.05) is 0 Å². The quantitative estimate of drug-likeness (QED) is 0.595. The standard InChI is InChI=1S/C13H18.C2H2/c1-11-7-5-6-10-13(11)12-8-3-2-4-9-12;1-2/h2-4,8-9,11,13H,5-7,10H2,1H3;1-2H/t11?,13-;/m1./s1. The minimum absolute atomic E-state index is 0.829. The molecule has 0 nitrogen and oxygen atoms in total. The summed E-state index contributed by atoms with van der Waals surface area (Å²) in [6.07, 6.45) is 13.7. The van der Waals surface area contributed by atoms with Crippen LogP contribution < -0.4 is 0 Å². The van der Waals surface area contributed by atoms with Gasteiger partial charge < -0.3 is 0 Å². The van der Waals surface area contributed by atoms with Crippen LogP contribution in [0.25, 0.3) is 0 Å². The molecule has 0 saturated heterocycles. The van der Waals surface area contributed by atoms with Crippen molar-refractivity contribution in [2.75, 3.05) is 0 Å². The Kier molecular flexibility index (Phi) is 4.98. The molecule has 1 unspecified atom stereocenters. The lowest BCUT2D eigenvalue weighted by Crippen LogP contribution is -2.14. The molecule has 0 bridgehead atoms. The van der Waals surface area contributed by atoms with Crippen LogP contribution in [-0.4, -0.2) is 0 Å². The van der Waals surface area contributed by atoms with Crippen molar-refractivity contribution in [3.63, 3.8) is 0 Å². The molecule has 1 aliphatic carbocycles. The zero-order valence-electron chi connectivity index (χ0n) is 9.52. The summed E-state index contributed by atoms with van der Waals surface area (Å²) in [5.41, 5.74) is 1.55. The minimum Gasteiger partial charge on any atom is -0.124 e. The summed E-state index contributed by atoms with van der Waals surface area (Å²) < 4.78 is 0. The third-order valence-corrected chi connectivity index (χ3v) is 3.34. The number of rotatable bonds is 1. The zero-order valence-corrected chi connectivity index (χ0v) is 9.52. The van der Waals surface area contributed by atoms with Gasteiger partial charge in [0.1, 0.15) is 0 Å². The molecule has 0 radical (unpaired) electrons. The van der Waals surface area contributed by atoms with Crippen LogP contribution in [0.3, 0.4) is 0 Å². The second-order valence-corrected chi connectivity index (χ2v) is 4.28. The molecule has 0 heteroatoms. The smallest absolute Gasteiger partial charge is 0.0136 e. The molecule has 80 valence electrons. The third kappa shape index (κ3) is 3.13. The summed E-state index contributed by atoms with van der Waals surface area (Å²) >= 11 is 0. The molecule has 0 N–H and O–H groups in total. The zero-order chi connectivity index (χ0) is 11.1. The lowest BCUT2D eigenvalue weighted by molar-refractivity contribution is 0.330. The highest BCUT2D eigenvalue weighted by Gasteiger charge is 2.22. The van der Waals surface area contributed by atoms with E-state index in [-0.39, 0.29) is 0 Å². The van der Waals surface area contributed by atoms with Gasteiger partial charge in [-0.05, 0) is 23.8 Å². The fraction of sp³-hybridized carbons (Fsp3) is 0.467. The first-order chi connectivity index (χ1) is 7.38. The van der Waals surface area contributed by atoms with E-state index in [0.717, 1.165) is 11.8 Å². The van der Waals surface area contributed by atoms with Gasteiger partial charge in [-0.15, -0.1) is 12.8 Å². The summed E-state index contributed by atoms with van der Waals surface area (Å²) in [5.74, 6) is 1.71. The maximum Gasteiger partial charge on any atom is -0.0136 e. The minimum atomic E-state index is 0.829. The average Bonchev–Trinajstić information content (AvgIpc) is 2.33. The molecule has 2 rings (SSSR count). The van der Waals surface area contributed by atoms with Gasteiger partial charge in [0, 0.05) is 0 Å². The molecule has 2 atom stereocenters. The summed E-state index contributed by atoms with van der Waals surface area (Å²) in [4.78, 5) is 0. The van der Waals surface area contributed by atoms with Crippen molar-refractivity contribution in [3.05, 3.63) is 35.9 Å². The second kappa shape index (κ2) is 6.30. The Balaban J connectivity index is 0.000000531. The molecule has 0 amide bonds. The van der Waals surface area contributed by atoms with Crippen molar-refractivity contribution in [2.24, 2.45) is 5.92 Å². The Labute approximate surface area is 93.7 Å². The van der Waals surface area contributed by atoms with Gasteiger partial charge in [0.15, 0.2) is 0 Å². The van der Waals surface area contributed by atoms with E-state index in [0.29, 0.717) is 0 Å². The average molecular weight is 200 g/mol.